The number of carbonyl (C=O) groups excluding carboxylic acids is 1. The molecule has 112 valence electrons. The number of carbonyl (C=O) groups is 1. The molecule has 1 amide bonds. The Hall–Kier alpha value is -3.46. The summed E-state index contributed by atoms with van der Waals surface area (Å²) >= 11 is 0. The fourth-order valence-electron chi connectivity index (χ4n) is 2.38. The number of H-pyrrole nitrogens is 1. The number of nitrogens with two attached hydrogens (primary N) is 1. The molecule has 3 N–H and O–H groups in total. The van der Waals surface area contributed by atoms with Crippen LogP contribution >= 0.6 is 0 Å². The molecule has 6 nitrogen and oxygen atoms in total. The first kappa shape index (κ1) is 14.5. The molecule has 0 bridgehead atoms. The fourth-order valence-corrected chi connectivity index (χ4v) is 2.38. The Morgan fingerprint density at radius 3 is 2.74 bits per heavy atom. The molecule has 2 aromatic heterocycles. The van der Waals surface area contributed by atoms with Gasteiger partial charge >= 0.3 is 0 Å². The Morgan fingerprint density at radius 2 is 2.09 bits per heavy atom. The van der Waals surface area contributed by atoms with Gasteiger partial charge in [0.05, 0.1) is 22.9 Å². The van der Waals surface area contributed by atoms with Gasteiger partial charge in [-0.25, -0.2) is 9.97 Å². The number of fused-ring (bicyclic) bond motifs is 1. The Kier molecular flexibility index (Phi) is 3.61. The van der Waals surface area contributed by atoms with Gasteiger partial charge in [-0.15, -0.1) is 0 Å². The third kappa shape index (κ3) is 2.68. The quantitative estimate of drug-likeness (QED) is 0.571. The van der Waals surface area contributed by atoms with Gasteiger partial charge in [0.25, 0.3) is 5.91 Å². The van der Waals surface area contributed by atoms with Crippen molar-refractivity contribution < 1.29 is 4.79 Å². The Morgan fingerprint density at radius 1 is 1.35 bits per heavy atom. The molecular formula is C17H13N5O. The number of hydrogen-bond donors (Lipinski definition) is 2. The minimum absolute atomic E-state index is 0.127. The molecule has 1 aromatic carbocycles. The topological polar surface area (TPSA) is 108 Å². The molecule has 6 heteroatoms. The molecule has 0 aliphatic heterocycles. The molecule has 0 fully saturated rings. The number of amides is 1. The van der Waals surface area contributed by atoms with Crippen molar-refractivity contribution in [1.29, 1.82) is 5.26 Å². The van der Waals surface area contributed by atoms with Gasteiger partial charge in [0.2, 0.25) is 0 Å². The number of primary amides is 1. The van der Waals surface area contributed by atoms with E-state index in [0.717, 1.165) is 27.7 Å². The van der Waals surface area contributed by atoms with Crippen LogP contribution in [0.1, 0.15) is 11.3 Å². The third-order valence-electron chi connectivity index (χ3n) is 3.50. The summed E-state index contributed by atoms with van der Waals surface area (Å²) in [7, 11) is 0. The van der Waals surface area contributed by atoms with Crippen LogP contribution in [0.15, 0.2) is 42.4 Å². The zero-order chi connectivity index (χ0) is 16.4. The van der Waals surface area contributed by atoms with Gasteiger partial charge in [-0.3, -0.25) is 4.79 Å². The van der Waals surface area contributed by atoms with Crippen LogP contribution in [0.5, 0.6) is 0 Å². The van der Waals surface area contributed by atoms with Gasteiger partial charge in [-0.05, 0) is 18.6 Å². The maximum Gasteiger partial charge on any atom is 0.259 e. The van der Waals surface area contributed by atoms with Crippen molar-refractivity contribution in [2.75, 3.05) is 0 Å². The fraction of sp³-hybridized carbons (Fsp3) is 0.0588. The number of benzene rings is 1. The Labute approximate surface area is 132 Å². The maximum atomic E-state index is 11.3. The summed E-state index contributed by atoms with van der Waals surface area (Å²) in [5.74, 6) is -0.771. The molecule has 0 spiro atoms. The lowest BCUT2D eigenvalue weighted by Gasteiger charge is -2.03. The summed E-state index contributed by atoms with van der Waals surface area (Å²) in [6, 6.07) is 9.72. The van der Waals surface area contributed by atoms with Crippen molar-refractivity contribution in [3.8, 4) is 17.2 Å². The number of aryl methyl sites for hydroxylation is 1. The summed E-state index contributed by atoms with van der Waals surface area (Å²) in [5.41, 5.74) is 10.00. The van der Waals surface area contributed by atoms with Gasteiger partial charge < -0.3 is 10.7 Å². The highest BCUT2D eigenvalue weighted by Crippen LogP contribution is 2.32. The second kappa shape index (κ2) is 5.73. The molecule has 0 aliphatic carbocycles. The van der Waals surface area contributed by atoms with Gasteiger partial charge in [0, 0.05) is 5.56 Å². The van der Waals surface area contributed by atoms with Gasteiger partial charge in [0.15, 0.2) is 0 Å². The molecular weight excluding hydrogens is 290 g/mol. The van der Waals surface area contributed by atoms with Crippen LogP contribution in [0, 0.1) is 18.3 Å². The molecule has 0 saturated carbocycles. The number of nitriles is 1. The predicted molar refractivity (Wildman–Crippen MR) is 86.8 cm³/mol. The van der Waals surface area contributed by atoms with Crippen LogP contribution in [-0.2, 0) is 4.79 Å². The van der Waals surface area contributed by atoms with Crippen molar-refractivity contribution in [2.24, 2.45) is 5.73 Å². The summed E-state index contributed by atoms with van der Waals surface area (Å²) in [4.78, 5) is 22.8. The Bertz CT molecular complexity index is 961. The first-order valence-electron chi connectivity index (χ1n) is 6.90. The molecule has 0 saturated heterocycles. The van der Waals surface area contributed by atoms with E-state index in [9.17, 15) is 4.79 Å². The van der Waals surface area contributed by atoms with Crippen LogP contribution in [0.25, 0.3) is 28.2 Å². The summed E-state index contributed by atoms with van der Waals surface area (Å²) in [5, 5.41) is 9.07. The number of aromatic amines is 1. The van der Waals surface area contributed by atoms with E-state index in [1.165, 1.54) is 12.4 Å². The third-order valence-corrected chi connectivity index (χ3v) is 3.50. The summed E-state index contributed by atoms with van der Waals surface area (Å²) in [6.45, 7) is 2.00. The number of rotatable bonds is 3. The van der Waals surface area contributed by atoms with E-state index in [0.29, 0.717) is 5.69 Å². The SMILES string of the molecule is Cc1ccc(-c2c(C=C(C#N)C(N)=O)[nH]c3cncnc23)cc1. The van der Waals surface area contributed by atoms with E-state index >= 15 is 0 Å². The van der Waals surface area contributed by atoms with E-state index in [1.54, 1.807) is 6.20 Å². The highest BCUT2D eigenvalue weighted by Gasteiger charge is 2.15. The second-order valence-corrected chi connectivity index (χ2v) is 5.10. The first-order chi connectivity index (χ1) is 11.1. The standard InChI is InChI=1S/C17H13N5O/c1-10-2-4-11(5-3-10)15-13(6-12(7-18)17(19)23)22-14-8-20-9-21-16(14)15/h2-6,8-9,22H,1H3,(H2,19,23). The number of hydrogen-bond acceptors (Lipinski definition) is 4. The molecule has 3 rings (SSSR count). The van der Waals surface area contributed by atoms with E-state index < -0.39 is 5.91 Å². The average Bonchev–Trinajstić information content (AvgIpc) is 2.91. The lowest BCUT2D eigenvalue weighted by atomic mass is 10.0. The average molecular weight is 303 g/mol. The van der Waals surface area contributed by atoms with Crippen LogP contribution in [-0.4, -0.2) is 20.9 Å². The monoisotopic (exact) mass is 303 g/mol. The van der Waals surface area contributed by atoms with E-state index in [2.05, 4.69) is 15.0 Å². The molecule has 0 atom stereocenters. The lowest BCUT2D eigenvalue weighted by molar-refractivity contribution is -0.114. The zero-order valence-corrected chi connectivity index (χ0v) is 12.4. The highest BCUT2D eigenvalue weighted by molar-refractivity contribution is 6.04. The van der Waals surface area contributed by atoms with Crippen molar-refractivity contribution in [3.05, 3.63) is 53.6 Å². The zero-order valence-electron chi connectivity index (χ0n) is 12.4. The minimum Gasteiger partial charge on any atom is -0.365 e. The largest absolute Gasteiger partial charge is 0.365 e. The maximum absolute atomic E-state index is 11.3. The summed E-state index contributed by atoms with van der Waals surface area (Å²) in [6.07, 6.45) is 4.55. The minimum atomic E-state index is -0.771. The number of nitrogens with one attached hydrogen (secondary N) is 1. The first-order valence-corrected chi connectivity index (χ1v) is 6.90. The van der Waals surface area contributed by atoms with Crippen molar-refractivity contribution in [1.82, 2.24) is 15.0 Å². The van der Waals surface area contributed by atoms with E-state index in [1.807, 2.05) is 37.3 Å². The predicted octanol–water partition coefficient (Wildman–Crippen LogP) is 2.33. The van der Waals surface area contributed by atoms with E-state index in [4.69, 9.17) is 11.0 Å². The molecule has 23 heavy (non-hydrogen) atoms. The van der Waals surface area contributed by atoms with Gasteiger partial charge in [-0.2, -0.15) is 5.26 Å². The lowest BCUT2D eigenvalue weighted by Crippen LogP contribution is -2.12. The smallest absolute Gasteiger partial charge is 0.259 e. The molecule has 3 aromatic rings. The van der Waals surface area contributed by atoms with Crippen molar-refractivity contribution in [3.63, 3.8) is 0 Å². The van der Waals surface area contributed by atoms with Crippen LogP contribution in [0.3, 0.4) is 0 Å². The Balaban J connectivity index is 2.30. The van der Waals surface area contributed by atoms with E-state index in [-0.39, 0.29) is 5.57 Å². The van der Waals surface area contributed by atoms with Gasteiger partial charge in [0.1, 0.15) is 18.0 Å². The number of aromatic nitrogens is 3. The highest BCUT2D eigenvalue weighted by atomic mass is 16.1. The van der Waals surface area contributed by atoms with Crippen molar-refractivity contribution >= 4 is 23.0 Å². The number of nitrogens with zero attached hydrogens (tertiary/aromatic N) is 3. The molecule has 0 unspecified atom stereocenters. The van der Waals surface area contributed by atoms with Gasteiger partial charge in [-0.1, -0.05) is 29.8 Å². The van der Waals surface area contributed by atoms with Crippen molar-refractivity contribution in [2.45, 2.75) is 6.92 Å². The van der Waals surface area contributed by atoms with Crippen LogP contribution in [0.2, 0.25) is 0 Å². The molecule has 0 radical (unpaired) electrons. The summed E-state index contributed by atoms with van der Waals surface area (Å²) < 4.78 is 0. The van der Waals surface area contributed by atoms with Crippen LogP contribution in [0.4, 0.5) is 0 Å². The molecule has 0 aliphatic rings. The second-order valence-electron chi connectivity index (χ2n) is 5.10. The molecule has 2 heterocycles. The van der Waals surface area contributed by atoms with Crippen LogP contribution < -0.4 is 5.73 Å². The normalized spacial score (nSPS) is 11.4.